The van der Waals surface area contributed by atoms with Crippen molar-refractivity contribution in [2.45, 2.75) is 32.9 Å². The highest BCUT2D eigenvalue weighted by Gasteiger charge is 2.11. The van der Waals surface area contributed by atoms with Crippen LogP contribution in [0.1, 0.15) is 19.4 Å². The SMILES string of the molecule is Cc1ccn(CC(C)(C)N)c(=O)c1. The molecule has 0 bridgehead atoms. The summed E-state index contributed by atoms with van der Waals surface area (Å²) in [6.07, 6.45) is 1.78. The van der Waals surface area contributed by atoms with Crippen molar-refractivity contribution >= 4 is 0 Å². The minimum atomic E-state index is -0.348. The highest BCUT2D eigenvalue weighted by Crippen LogP contribution is 2.00. The lowest BCUT2D eigenvalue weighted by atomic mass is 10.1. The fourth-order valence-corrected chi connectivity index (χ4v) is 1.18. The summed E-state index contributed by atoms with van der Waals surface area (Å²) in [5, 5.41) is 0. The molecule has 0 saturated carbocycles. The van der Waals surface area contributed by atoms with Crippen LogP contribution in [0.2, 0.25) is 0 Å². The normalized spacial score (nSPS) is 11.7. The lowest BCUT2D eigenvalue weighted by Crippen LogP contribution is -2.40. The van der Waals surface area contributed by atoms with Gasteiger partial charge in [-0.15, -0.1) is 0 Å². The number of nitrogens with two attached hydrogens (primary N) is 1. The molecule has 0 aliphatic heterocycles. The van der Waals surface area contributed by atoms with Crippen molar-refractivity contribution in [3.05, 3.63) is 34.2 Å². The fourth-order valence-electron chi connectivity index (χ4n) is 1.18. The third-order valence-corrected chi connectivity index (χ3v) is 1.73. The second kappa shape index (κ2) is 3.34. The predicted molar refractivity (Wildman–Crippen MR) is 53.7 cm³/mol. The Hall–Kier alpha value is -1.09. The van der Waals surface area contributed by atoms with E-state index in [0.717, 1.165) is 5.56 Å². The molecule has 1 rings (SSSR count). The monoisotopic (exact) mass is 180 g/mol. The molecule has 0 spiro atoms. The zero-order chi connectivity index (χ0) is 10.1. The van der Waals surface area contributed by atoms with Gasteiger partial charge in [-0.3, -0.25) is 4.79 Å². The molecule has 3 nitrogen and oxygen atoms in total. The Balaban J connectivity index is 2.98. The first kappa shape index (κ1) is 9.99. The third kappa shape index (κ3) is 3.03. The molecule has 0 amide bonds. The number of aryl methyl sites for hydroxylation is 1. The summed E-state index contributed by atoms with van der Waals surface area (Å²) >= 11 is 0. The van der Waals surface area contributed by atoms with Crippen LogP contribution in [-0.4, -0.2) is 10.1 Å². The van der Waals surface area contributed by atoms with Gasteiger partial charge in [0, 0.05) is 24.3 Å². The van der Waals surface area contributed by atoms with Crippen LogP contribution in [0.4, 0.5) is 0 Å². The molecule has 2 N–H and O–H groups in total. The molecule has 0 aliphatic rings. The van der Waals surface area contributed by atoms with Crippen molar-refractivity contribution in [3.8, 4) is 0 Å². The van der Waals surface area contributed by atoms with Gasteiger partial charge in [-0.05, 0) is 32.4 Å². The maximum atomic E-state index is 11.4. The van der Waals surface area contributed by atoms with Crippen LogP contribution in [0, 0.1) is 6.92 Å². The maximum Gasteiger partial charge on any atom is 0.250 e. The summed E-state index contributed by atoms with van der Waals surface area (Å²) in [6.45, 7) is 6.25. The van der Waals surface area contributed by atoms with Crippen LogP contribution in [-0.2, 0) is 6.54 Å². The topological polar surface area (TPSA) is 48.0 Å². The lowest BCUT2D eigenvalue weighted by Gasteiger charge is -2.19. The molecule has 0 aromatic carbocycles. The molecular weight excluding hydrogens is 164 g/mol. The summed E-state index contributed by atoms with van der Waals surface area (Å²) in [4.78, 5) is 11.4. The van der Waals surface area contributed by atoms with E-state index in [0.29, 0.717) is 6.54 Å². The fraction of sp³-hybridized carbons (Fsp3) is 0.500. The van der Waals surface area contributed by atoms with Crippen molar-refractivity contribution < 1.29 is 0 Å². The van der Waals surface area contributed by atoms with Gasteiger partial charge in [-0.2, -0.15) is 0 Å². The molecule has 1 heterocycles. The van der Waals surface area contributed by atoms with Crippen LogP contribution < -0.4 is 11.3 Å². The van der Waals surface area contributed by atoms with Gasteiger partial charge in [-0.1, -0.05) is 0 Å². The molecule has 1 aromatic rings. The van der Waals surface area contributed by atoms with E-state index in [2.05, 4.69) is 0 Å². The minimum Gasteiger partial charge on any atom is -0.324 e. The molecule has 0 unspecified atom stereocenters. The van der Waals surface area contributed by atoms with Crippen molar-refractivity contribution in [3.63, 3.8) is 0 Å². The maximum absolute atomic E-state index is 11.4. The first-order valence-corrected chi connectivity index (χ1v) is 4.34. The number of hydrogen-bond acceptors (Lipinski definition) is 2. The van der Waals surface area contributed by atoms with Crippen molar-refractivity contribution in [1.29, 1.82) is 0 Å². The summed E-state index contributed by atoms with van der Waals surface area (Å²) < 4.78 is 1.63. The van der Waals surface area contributed by atoms with Gasteiger partial charge in [0.15, 0.2) is 0 Å². The minimum absolute atomic E-state index is 0.0125. The van der Waals surface area contributed by atoms with Gasteiger partial charge in [0.25, 0.3) is 5.56 Å². The molecule has 1 aromatic heterocycles. The summed E-state index contributed by atoms with van der Waals surface area (Å²) in [7, 11) is 0. The average Bonchev–Trinajstić information content (AvgIpc) is 1.93. The quantitative estimate of drug-likeness (QED) is 0.735. The van der Waals surface area contributed by atoms with Crippen molar-refractivity contribution in [2.24, 2.45) is 5.73 Å². The highest BCUT2D eigenvalue weighted by molar-refractivity contribution is 5.08. The largest absolute Gasteiger partial charge is 0.324 e. The summed E-state index contributed by atoms with van der Waals surface area (Å²) in [5.74, 6) is 0. The zero-order valence-electron chi connectivity index (χ0n) is 8.37. The number of nitrogens with zero attached hydrogens (tertiary/aromatic N) is 1. The Morgan fingerprint density at radius 1 is 1.54 bits per heavy atom. The van der Waals surface area contributed by atoms with Crippen molar-refractivity contribution in [1.82, 2.24) is 4.57 Å². The molecule has 72 valence electrons. The molecule has 13 heavy (non-hydrogen) atoms. The number of pyridine rings is 1. The van der Waals surface area contributed by atoms with E-state index < -0.39 is 0 Å². The molecule has 0 aliphatic carbocycles. The van der Waals surface area contributed by atoms with Gasteiger partial charge in [0.1, 0.15) is 0 Å². The van der Waals surface area contributed by atoms with Gasteiger partial charge in [-0.25, -0.2) is 0 Å². The van der Waals surface area contributed by atoms with Gasteiger partial charge < -0.3 is 10.3 Å². The van der Waals surface area contributed by atoms with Gasteiger partial charge in [0.05, 0.1) is 0 Å². The average molecular weight is 180 g/mol. The standard InChI is InChI=1S/C10H16N2O/c1-8-4-5-12(9(13)6-8)7-10(2,3)11/h4-6H,7,11H2,1-3H3. The third-order valence-electron chi connectivity index (χ3n) is 1.73. The summed E-state index contributed by atoms with van der Waals surface area (Å²) in [5.41, 5.74) is 6.46. The van der Waals surface area contributed by atoms with Crippen molar-refractivity contribution in [2.75, 3.05) is 0 Å². The second-order valence-corrected chi connectivity index (χ2v) is 4.16. The van der Waals surface area contributed by atoms with E-state index in [1.807, 2.05) is 26.8 Å². The molecular formula is C10H16N2O. The molecule has 0 atom stereocenters. The van der Waals surface area contributed by atoms with E-state index in [-0.39, 0.29) is 11.1 Å². The lowest BCUT2D eigenvalue weighted by molar-refractivity contribution is 0.426. The number of rotatable bonds is 2. The zero-order valence-corrected chi connectivity index (χ0v) is 8.37. The van der Waals surface area contributed by atoms with Crippen LogP contribution >= 0.6 is 0 Å². The predicted octanol–water partition coefficient (Wildman–Crippen LogP) is 0.894. The second-order valence-electron chi connectivity index (χ2n) is 4.16. The number of aromatic nitrogens is 1. The Morgan fingerprint density at radius 2 is 2.15 bits per heavy atom. The molecule has 0 fully saturated rings. The van der Waals surface area contributed by atoms with Crippen LogP contribution in [0.15, 0.2) is 23.1 Å². The molecule has 3 heteroatoms. The highest BCUT2D eigenvalue weighted by atomic mass is 16.1. The Morgan fingerprint density at radius 3 is 2.62 bits per heavy atom. The van der Waals surface area contributed by atoms with E-state index >= 15 is 0 Å². The van der Waals surface area contributed by atoms with E-state index in [1.165, 1.54) is 0 Å². The van der Waals surface area contributed by atoms with E-state index in [9.17, 15) is 4.79 Å². The Bertz CT molecular complexity index is 347. The molecule has 0 radical (unpaired) electrons. The number of hydrogen-bond donors (Lipinski definition) is 1. The first-order valence-electron chi connectivity index (χ1n) is 4.34. The first-order chi connectivity index (χ1) is 5.88. The van der Waals surface area contributed by atoms with E-state index in [1.54, 1.807) is 16.8 Å². The van der Waals surface area contributed by atoms with Gasteiger partial charge >= 0.3 is 0 Å². The Labute approximate surface area is 78.2 Å². The van der Waals surface area contributed by atoms with Crippen LogP contribution in [0.3, 0.4) is 0 Å². The van der Waals surface area contributed by atoms with Crippen LogP contribution in [0.5, 0.6) is 0 Å². The van der Waals surface area contributed by atoms with E-state index in [4.69, 9.17) is 5.73 Å². The molecule has 0 saturated heterocycles. The van der Waals surface area contributed by atoms with Crippen LogP contribution in [0.25, 0.3) is 0 Å². The smallest absolute Gasteiger partial charge is 0.250 e. The summed E-state index contributed by atoms with van der Waals surface area (Å²) in [6, 6.07) is 3.53. The van der Waals surface area contributed by atoms with Gasteiger partial charge in [0.2, 0.25) is 0 Å². The Kier molecular flexibility index (Phi) is 2.57.